The third-order valence-electron chi connectivity index (χ3n) is 3.90. The summed E-state index contributed by atoms with van der Waals surface area (Å²) in [6.07, 6.45) is 3.48. The fourth-order valence-corrected chi connectivity index (χ4v) is 4.45. The number of rotatable bonds is 6. The average molecular weight is 409 g/mol. The van der Waals surface area contributed by atoms with E-state index in [1.165, 1.54) is 11.8 Å². The predicted molar refractivity (Wildman–Crippen MR) is 114 cm³/mol. The van der Waals surface area contributed by atoms with E-state index in [0.29, 0.717) is 0 Å². The lowest BCUT2D eigenvalue weighted by molar-refractivity contribution is -0.118. The predicted octanol–water partition coefficient (Wildman–Crippen LogP) is 4.04. The summed E-state index contributed by atoms with van der Waals surface area (Å²) in [6, 6.07) is 18.5. The Bertz CT molecular complexity index is 1100. The van der Waals surface area contributed by atoms with Crippen LogP contribution >= 0.6 is 23.1 Å². The van der Waals surface area contributed by atoms with Crippen LogP contribution in [0.1, 0.15) is 5.69 Å². The Kier molecular flexibility index (Phi) is 5.41. The molecule has 0 saturated heterocycles. The molecule has 0 spiro atoms. The number of hydrogen-bond acceptors (Lipinski definition) is 6. The molecule has 0 aliphatic heterocycles. The minimum absolute atomic E-state index is 0.191. The van der Waals surface area contributed by atoms with Crippen molar-refractivity contribution in [3.8, 4) is 11.4 Å². The fourth-order valence-electron chi connectivity index (χ4n) is 2.59. The van der Waals surface area contributed by atoms with Gasteiger partial charge in [0.25, 0.3) is 5.91 Å². The van der Waals surface area contributed by atoms with Crippen LogP contribution in [0.3, 0.4) is 0 Å². The van der Waals surface area contributed by atoms with Crippen molar-refractivity contribution in [3.05, 3.63) is 72.6 Å². The molecule has 2 aromatic heterocycles. The zero-order valence-corrected chi connectivity index (χ0v) is 16.3. The number of hydrazone groups is 1. The maximum Gasteiger partial charge on any atom is 0.250 e. The molecular weight excluding hydrogens is 392 g/mol. The van der Waals surface area contributed by atoms with E-state index in [9.17, 15) is 9.90 Å². The molecule has 0 saturated carbocycles. The van der Waals surface area contributed by atoms with Crippen molar-refractivity contribution in [3.63, 3.8) is 0 Å². The molecule has 0 unspecified atom stereocenters. The largest absolute Gasteiger partial charge is 0.508 e. The van der Waals surface area contributed by atoms with Gasteiger partial charge in [-0.3, -0.25) is 4.79 Å². The Morgan fingerprint density at radius 3 is 2.82 bits per heavy atom. The Morgan fingerprint density at radius 1 is 1.18 bits per heavy atom. The van der Waals surface area contributed by atoms with Gasteiger partial charge >= 0.3 is 0 Å². The summed E-state index contributed by atoms with van der Waals surface area (Å²) in [5, 5.41) is 13.5. The van der Waals surface area contributed by atoms with Gasteiger partial charge in [-0.05, 0) is 48.5 Å². The number of nitrogens with zero attached hydrogens (tertiary/aromatic N) is 3. The van der Waals surface area contributed by atoms with Crippen LogP contribution in [-0.4, -0.2) is 32.5 Å². The summed E-state index contributed by atoms with van der Waals surface area (Å²) < 4.78 is 3.88. The first-order chi connectivity index (χ1) is 13.7. The van der Waals surface area contributed by atoms with Gasteiger partial charge in [-0.25, -0.2) is 10.4 Å². The molecule has 140 valence electrons. The molecule has 0 bridgehead atoms. The zero-order chi connectivity index (χ0) is 19.3. The maximum atomic E-state index is 12.0. The molecule has 2 N–H and O–H groups in total. The first-order valence-corrected chi connectivity index (χ1v) is 10.3. The molecular formula is C20H16N4O2S2. The Morgan fingerprint density at radius 2 is 2.00 bits per heavy atom. The number of hydrogen-bond donors (Lipinski definition) is 2. The van der Waals surface area contributed by atoms with Crippen LogP contribution in [0.2, 0.25) is 0 Å². The van der Waals surface area contributed by atoms with Crippen molar-refractivity contribution in [2.24, 2.45) is 5.10 Å². The lowest BCUT2D eigenvalue weighted by Crippen LogP contribution is -2.19. The third-order valence-corrected chi connectivity index (χ3v) is 6.07. The number of aromatic hydroxyl groups is 1. The normalized spacial score (nSPS) is 11.3. The molecule has 0 radical (unpaired) electrons. The number of amides is 1. The van der Waals surface area contributed by atoms with Crippen molar-refractivity contribution in [2.75, 3.05) is 5.75 Å². The summed E-state index contributed by atoms with van der Waals surface area (Å²) in [7, 11) is 0. The zero-order valence-electron chi connectivity index (χ0n) is 14.6. The van der Waals surface area contributed by atoms with E-state index in [-0.39, 0.29) is 17.4 Å². The van der Waals surface area contributed by atoms with Crippen LogP contribution in [0.15, 0.2) is 76.3 Å². The van der Waals surface area contributed by atoms with E-state index >= 15 is 0 Å². The Hall–Kier alpha value is -3.10. The number of aromatic nitrogens is 2. The van der Waals surface area contributed by atoms with Gasteiger partial charge in [0.2, 0.25) is 0 Å². The quantitative estimate of drug-likeness (QED) is 0.287. The second-order valence-corrected chi connectivity index (χ2v) is 8.10. The highest BCUT2D eigenvalue weighted by molar-refractivity contribution is 8.01. The van der Waals surface area contributed by atoms with Gasteiger partial charge in [-0.2, -0.15) is 5.10 Å². The molecule has 0 aliphatic rings. The van der Waals surface area contributed by atoms with E-state index in [0.717, 1.165) is 25.9 Å². The summed E-state index contributed by atoms with van der Waals surface area (Å²) in [5.74, 6) is 0.267. The van der Waals surface area contributed by atoms with Crippen molar-refractivity contribution in [1.82, 2.24) is 15.0 Å². The minimum Gasteiger partial charge on any atom is -0.508 e. The first-order valence-electron chi connectivity index (χ1n) is 8.46. The molecule has 1 amide bonds. The number of phenolic OH excluding ortho intramolecular Hbond substituents is 1. The minimum atomic E-state index is -0.191. The summed E-state index contributed by atoms with van der Waals surface area (Å²) in [4.78, 5) is 16.5. The highest BCUT2D eigenvalue weighted by Gasteiger charge is 2.07. The summed E-state index contributed by atoms with van der Waals surface area (Å²) in [5.41, 5.74) is 5.19. The molecule has 4 rings (SSSR count). The van der Waals surface area contributed by atoms with Gasteiger partial charge in [-0.1, -0.05) is 23.9 Å². The number of fused-ring (bicyclic) bond motifs is 1. The second-order valence-electron chi connectivity index (χ2n) is 5.85. The van der Waals surface area contributed by atoms with Gasteiger partial charge in [0.1, 0.15) is 5.75 Å². The molecule has 6 nitrogen and oxygen atoms in total. The smallest absolute Gasteiger partial charge is 0.250 e. The summed E-state index contributed by atoms with van der Waals surface area (Å²) in [6.45, 7) is 0. The standard InChI is InChI=1S/C20H16N4O2S2/c25-16-9-7-14(8-10-16)24-11-3-4-15(24)12-21-23-19(26)13-27-20-22-17-5-1-2-6-18(17)28-20/h1-12,25H,13H2,(H,23,26)/b21-12+. The molecule has 2 heterocycles. The van der Waals surface area contributed by atoms with E-state index in [2.05, 4.69) is 15.5 Å². The van der Waals surface area contributed by atoms with Crippen molar-refractivity contribution in [1.29, 1.82) is 0 Å². The van der Waals surface area contributed by atoms with Gasteiger partial charge in [0.15, 0.2) is 4.34 Å². The van der Waals surface area contributed by atoms with Crippen molar-refractivity contribution >= 4 is 45.4 Å². The molecule has 2 aromatic carbocycles. The van der Waals surface area contributed by atoms with Crippen LogP contribution in [0, 0.1) is 0 Å². The number of para-hydroxylation sites is 1. The van der Waals surface area contributed by atoms with E-state index in [1.54, 1.807) is 41.8 Å². The van der Waals surface area contributed by atoms with Crippen LogP contribution in [0.25, 0.3) is 15.9 Å². The highest BCUT2D eigenvalue weighted by atomic mass is 32.2. The van der Waals surface area contributed by atoms with Crippen LogP contribution in [0.4, 0.5) is 0 Å². The topological polar surface area (TPSA) is 79.5 Å². The Labute approximate surface area is 169 Å². The van der Waals surface area contributed by atoms with E-state index in [4.69, 9.17) is 0 Å². The highest BCUT2D eigenvalue weighted by Crippen LogP contribution is 2.29. The van der Waals surface area contributed by atoms with Crippen LogP contribution < -0.4 is 5.43 Å². The lowest BCUT2D eigenvalue weighted by Gasteiger charge is -2.06. The molecule has 28 heavy (non-hydrogen) atoms. The molecule has 0 fully saturated rings. The van der Waals surface area contributed by atoms with Gasteiger partial charge in [0.05, 0.1) is 27.9 Å². The monoisotopic (exact) mass is 408 g/mol. The molecule has 0 aliphatic carbocycles. The number of nitrogens with one attached hydrogen (secondary N) is 1. The number of carbonyl (C=O) groups is 1. The summed E-state index contributed by atoms with van der Waals surface area (Å²) >= 11 is 2.97. The van der Waals surface area contributed by atoms with Crippen LogP contribution in [-0.2, 0) is 4.79 Å². The number of thiazole rings is 1. The fraction of sp³-hybridized carbons (Fsp3) is 0.0500. The third kappa shape index (κ3) is 4.24. The van der Waals surface area contributed by atoms with Gasteiger partial charge in [-0.15, -0.1) is 11.3 Å². The molecule has 4 aromatic rings. The average Bonchev–Trinajstić information content (AvgIpc) is 3.33. The maximum absolute atomic E-state index is 12.0. The Balaban J connectivity index is 1.34. The molecule has 0 atom stereocenters. The van der Waals surface area contributed by atoms with Crippen molar-refractivity contribution in [2.45, 2.75) is 4.34 Å². The number of phenols is 1. The number of carbonyl (C=O) groups excluding carboxylic acids is 1. The first kappa shape index (κ1) is 18.3. The van der Waals surface area contributed by atoms with Gasteiger partial charge < -0.3 is 9.67 Å². The second kappa shape index (κ2) is 8.28. The van der Waals surface area contributed by atoms with E-state index in [1.807, 2.05) is 47.2 Å². The van der Waals surface area contributed by atoms with Gasteiger partial charge in [0, 0.05) is 11.9 Å². The van der Waals surface area contributed by atoms with Crippen LogP contribution in [0.5, 0.6) is 5.75 Å². The number of thioether (sulfide) groups is 1. The van der Waals surface area contributed by atoms with Crippen molar-refractivity contribution < 1.29 is 9.90 Å². The van der Waals surface area contributed by atoms with E-state index < -0.39 is 0 Å². The lowest BCUT2D eigenvalue weighted by atomic mass is 10.3. The molecule has 8 heteroatoms. The SMILES string of the molecule is O=C(CSc1nc2ccccc2s1)N/N=C/c1cccn1-c1ccc(O)cc1. The number of benzene rings is 2.